The van der Waals surface area contributed by atoms with Crippen LogP contribution in [0, 0.1) is 5.92 Å². The molecule has 0 radical (unpaired) electrons. The van der Waals surface area contributed by atoms with Gasteiger partial charge in [0.05, 0.1) is 0 Å². The monoisotopic (exact) mass is 238 g/mol. The minimum atomic E-state index is -4.60. The highest BCUT2D eigenvalue weighted by Gasteiger charge is 2.39. The van der Waals surface area contributed by atoms with Gasteiger partial charge in [-0.25, -0.2) is 9.18 Å². The van der Waals surface area contributed by atoms with Crippen LogP contribution in [0.15, 0.2) is 0 Å². The zero-order chi connectivity index (χ0) is 11.6. The van der Waals surface area contributed by atoms with Crippen LogP contribution in [0.2, 0.25) is 0 Å². The van der Waals surface area contributed by atoms with E-state index in [0.717, 1.165) is 0 Å². The predicted octanol–water partition coefficient (Wildman–Crippen LogP) is 0.544. The largest absolute Gasteiger partial charge is 0.390 e. The summed E-state index contributed by atoms with van der Waals surface area (Å²) in [5.74, 6) is -3.22. The number of alkyl halides is 1. The standard InChI is InChI=1S/C8H11FO5S/c1-2-5-3-4-6(10)8(11)14-15(12,13)7(5)9/h5,7H,2-4H2,1H3. The Kier molecular flexibility index (Phi) is 3.43. The molecule has 1 heterocycles. The summed E-state index contributed by atoms with van der Waals surface area (Å²) in [6.07, 6.45) is 0.142. The van der Waals surface area contributed by atoms with Crippen molar-refractivity contribution < 1.29 is 26.6 Å². The molecule has 0 aromatic heterocycles. The average molecular weight is 238 g/mol. The quantitative estimate of drug-likeness (QED) is 0.492. The summed E-state index contributed by atoms with van der Waals surface area (Å²) < 4.78 is 39.5. The van der Waals surface area contributed by atoms with Gasteiger partial charge < -0.3 is 4.18 Å². The highest BCUT2D eigenvalue weighted by atomic mass is 32.2. The summed E-state index contributed by atoms with van der Waals surface area (Å²) in [6, 6.07) is 0. The van der Waals surface area contributed by atoms with Crippen molar-refractivity contribution in [3.63, 3.8) is 0 Å². The fourth-order valence-corrected chi connectivity index (χ4v) is 2.57. The van der Waals surface area contributed by atoms with Gasteiger partial charge in [0.2, 0.25) is 11.3 Å². The molecule has 1 rings (SSSR count). The van der Waals surface area contributed by atoms with Crippen molar-refractivity contribution in [3.8, 4) is 0 Å². The zero-order valence-corrected chi connectivity index (χ0v) is 8.92. The van der Waals surface area contributed by atoms with E-state index < -0.39 is 33.3 Å². The fraction of sp³-hybridized carbons (Fsp3) is 0.750. The van der Waals surface area contributed by atoms with Gasteiger partial charge in [0.25, 0.3) is 0 Å². The van der Waals surface area contributed by atoms with Crippen molar-refractivity contribution in [2.24, 2.45) is 5.92 Å². The van der Waals surface area contributed by atoms with E-state index in [0.29, 0.717) is 0 Å². The Morgan fingerprint density at radius 1 is 1.47 bits per heavy atom. The van der Waals surface area contributed by atoms with Gasteiger partial charge in [-0.05, 0) is 12.8 Å². The highest BCUT2D eigenvalue weighted by molar-refractivity contribution is 7.87. The number of rotatable bonds is 1. The lowest BCUT2D eigenvalue weighted by Crippen LogP contribution is -2.34. The van der Waals surface area contributed by atoms with Crippen LogP contribution in [0.3, 0.4) is 0 Å². The molecule has 5 nitrogen and oxygen atoms in total. The summed E-state index contributed by atoms with van der Waals surface area (Å²) in [6.45, 7) is 1.61. The summed E-state index contributed by atoms with van der Waals surface area (Å²) in [7, 11) is -4.60. The number of ketones is 1. The summed E-state index contributed by atoms with van der Waals surface area (Å²) >= 11 is 0. The van der Waals surface area contributed by atoms with E-state index >= 15 is 0 Å². The van der Waals surface area contributed by atoms with E-state index in [1.165, 1.54) is 0 Å². The van der Waals surface area contributed by atoms with Crippen molar-refractivity contribution in [3.05, 3.63) is 0 Å². The Hall–Kier alpha value is -0.980. The van der Waals surface area contributed by atoms with Crippen LogP contribution in [0.25, 0.3) is 0 Å². The van der Waals surface area contributed by atoms with Gasteiger partial charge in [-0.3, -0.25) is 4.79 Å². The first kappa shape index (κ1) is 12.1. The summed E-state index contributed by atoms with van der Waals surface area (Å²) in [5.41, 5.74) is -2.24. The molecule has 1 aliphatic heterocycles. The molecule has 0 spiro atoms. The van der Waals surface area contributed by atoms with Gasteiger partial charge >= 0.3 is 16.1 Å². The van der Waals surface area contributed by atoms with Crippen molar-refractivity contribution in [2.75, 3.05) is 0 Å². The van der Waals surface area contributed by atoms with Crippen LogP contribution in [0.4, 0.5) is 4.39 Å². The second-order valence-electron chi connectivity index (χ2n) is 3.34. The Labute approximate surface area is 86.7 Å². The number of hydrogen-bond donors (Lipinski definition) is 0. The Balaban J connectivity index is 2.99. The van der Waals surface area contributed by atoms with Crippen LogP contribution in [0.1, 0.15) is 26.2 Å². The number of halogens is 1. The molecule has 1 aliphatic rings. The highest BCUT2D eigenvalue weighted by Crippen LogP contribution is 2.26. The fourth-order valence-electron chi connectivity index (χ4n) is 1.37. The summed E-state index contributed by atoms with van der Waals surface area (Å²) in [5, 5.41) is 0. The second kappa shape index (κ2) is 4.26. The molecule has 0 aliphatic carbocycles. The zero-order valence-electron chi connectivity index (χ0n) is 8.10. The van der Waals surface area contributed by atoms with Crippen LogP contribution >= 0.6 is 0 Å². The van der Waals surface area contributed by atoms with E-state index in [1.807, 2.05) is 0 Å². The van der Waals surface area contributed by atoms with Crippen molar-refractivity contribution in [1.82, 2.24) is 0 Å². The smallest absolute Gasteiger partial charge is 0.337 e. The molecule has 0 amide bonds. The van der Waals surface area contributed by atoms with Crippen molar-refractivity contribution in [1.29, 1.82) is 0 Å². The maximum atomic E-state index is 13.4. The minimum absolute atomic E-state index is 0.0465. The lowest BCUT2D eigenvalue weighted by Gasteiger charge is -2.20. The molecule has 0 aromatic carbocycles. The number of carbonyl (C=O) groups excluding carboxylic acids is 2. The third kappa shape index (κ3) is 2.53. The summed E-state index contributed by atoms with van der Waals surface area (Å²) in [4.78, 5) is 21.8. The van der Waals surface area contributed by atoms with E-state index in [-0.39, 0.29) is 19.3 Å². The maximum Gasteiger partial charge on any atom is 0.390 e. The molecule has 0 aromatic rings. The van der Waals surface area contributed by atoms with Crippen LogP contribution in [0.5, 0.6) is 0 Å². The molecule has 0 saturated carbocycles. The van der Waals surface area contributed by atoms with Gasteiger partial charge in [0.1, 0.15) is 0 Å². The van der Waals surface area contributed by atoms with Crippen LogP contribution < -0.4 is 0 Å². The average Bonchev–Trinajstić information content (AvgIpc) is 2.16. The van der Waals surface area contributed by atoms with Gasteiger partial charge in [0.15, 0.2) is 0 Å². The maximum absolute atomic E-state index is 13.4. The van der Waals surface area contributed by atoms with Gasteiger partial charge in [-0.15, -0.1) is 0 Å². The predicted molar refractivity (Wildman–Crippen MR) is 47.9 cm³/mol. The lowest BCUT2D eigenvalue weighted by atomic mass is 10.00. The second-order valence-corrected chi connectivity index (χ2v) is 4.95. The lowest BCUT2D eigenvalue weighted by molar-refractivity contribution is -0.147. The first-order valence-corrected chi connectivity index (χ1v) is 6.00. The van der Waals surface area contributed by atoms with Gasteiger partial charge in [-0.1, -0.05) is 6.92 Å². The first-order valence-electron chi connectivity index (χ1n) is 4.53. The van der Waals surface area contributed by atoms with E-state index in [4.69, 9.17) is 0 Å². The normalized spacial score (nSPS) is 31.6. The molecule has 2 atom stereocenters. The van der Waals surface area contributed by atoms with Crippen molar-refractivity contribution >= 4 is 21.9 Å². The third-order valence-corrected chi connectivity index (χ3v) is 3.65. The molecule has 7 heteroatoms. The topological polar surface area (TPSA) is 77.5 Å². The molecule has 2 unspecified atom stereocenters. The van der Waals surface area contributed by atoms with Crippen molar-refractivity contribution in [2.45, 2.75) is 31.7 Å². The third-order valence-electron chi connectivity index (χ3n) is 2.33. The van der Waals surface area contributed by atoms with E-state index in [2.05, 4.69) is 4.18 Å². The number of carbonyl (C=O) groups is 2. The molecule has 86 valence electrons. The van der Waals surface area contributed by atoms with E-state index in [1.54, 1.807) is 6.92 Å². The minimum Gasteiger partial charge on any atom is -0.337 e. The van der Waals surface area contributed by atoms with Crippen LogP contribution in [-0.4, -0.2) is 25.7 Å². The molecular formula is C8H11FO5S. The number of hydrogen-bond acceptors (Lipinski definition) is 5. The molecule has 1 saturated heterocycles. The van der Waals surface area contributed by atoms with Crippen LogP contribution in [-0.2, 0) is 23.9 Å². The SMILES string of the molecule is CCC1CCC(=O)C(=O)OS(=O)(=O)C1F. The Bertz CT molecular complexity index is 374. The van der Waals surface area contributed by atoms with Gasteiger partial charge in [-0.2, -0.15) is 8.42 Å². The van der Waals surface area contributed by atoms with Gasteiger partial charge in [0, 0.05) is 12.3 Å². The Morgan fingerprint density at radius 2 is 2.07 bits per heavy atom. The first-order chi connectivity index (χ1) is 6.88. The molecule has 0 N–H and O–H groups in total. The molecule has 1 fully saturated rings. The molecule has 0 bridgehead atoms. The molecular weight excluding hydrogens is 227 g/mol. The Morgan fingerprint density at radius 3 is 2.60 bits per heavy atom. The number of Topliss-reactive ketones (excluding diaryl/α,β-unsaturated/α-hetero) is 1. The van der Waals surface area contributed by atoms with E-state index in [9.17, 15) is 22.4 Å². The molecule has 15 heavy (non-hydrogen) atoms.